The molecule has 1 aliphatic heterocycles. The zero-order chi connectivity index (χ0) is 20.2. The summed E-state index contributed by atoms with van der Waals surface area (Å²) in [6, 6.07) is 16.2. The van der Waals surface area contributed by atoms with Gasteiger partial charge in [0.05, 0.1) is 21.6 Å². The Bertz CT molecular complexity index is 998. The number of para-hydroxylation sites is 1. The number of benzene rings is 2. The lowest BCUT2D eigenvalue weighted by molar-refractivity contribution is -0.117. The maximum absolute atomic E-state index is 11.9. The summed E-state index contributed by atoms with van der Waals surface area (Å²) in [5.41, 5.74) is 3.13. The number of aliphatic hydroxyl groups excluding tert-OH is 1. The lowest BCUT2D eigenvalue weighted by Gasteiger charge is -2.10. The van der Waals surface area contributed by atoms with Crippen molar-refractivity contribution in [3.8, 4) is 0 Å². The largest absolute Gasteiger partial charge is 0.393 e. The predicted molar refractivity (Wildman–Crippen MR) is 122 cm³/mol. The van der Waals surface area contributed by atoms with Gasteiger partial charge in [-0.1, -0.05) is 47.4 Å². The lowest BCUT2D eigenvalue weighted by atomic mass is 10.1. The molecule has 0 saturated carbocycles. The normalized spacial score (nSPS) is 17.4. The van der Waals surface area contributed by atoms with Crippen LogP contribution in [-0.4, -0.2) is 39.1 Å². The standard InChI is InChI=1S/C21H22N4O2S2/c1-13(26)12-18-19(27)25-21(29-18)23-15-8-6-14(7-9-15)10-11-22-20-24-16-4-2-3-5-17(16)28-20/h2-9,13,18,26H,10-12H2,1H3,(H,22,24)(H,23,25,27). The third-order valence-corrected chi connectivity index (χ3v) is 6.57. The molecule has 8 heteroatoms. The van der Waals surface area contributed by atoms with E-state index < -0.39 is 6.10 Å². The second-order valence-corrected chi connectivity index (χ2v) is 9.15. The number of anilines is 2. The van der Waals surface area contributed by atoms with Gasteiger partial charge < -0.3 is 15.7 Å². The Labute approximate surface area is 177 Å². The highest BCUT2D eigenvalue weighted by molar-refractivity contribution is 8.15. The Morgan fingerprint density at radius 1 is 1.17 bits per heavy atom. The first-order chi connectivity index (χ1) is 14.1. The third kappa shape index (κ3) is 5.14. The number of hydrogen-bond acceptors (Lipinski definition) is 7. The fraction of sp³-hybridized carbons (Fsp3) is 0.286. The molecule has 1 amide bonds. The number of amidine groups is 1. The van der Waals surface area contributed by atoms with Gasteiger partial charge in [0.15, 0.2) is 10.3 Å². The Balaban J connectivity index is 1.27. The quantitative estimate of drug-likeness (QED) is 0.527. The van der Waals surface area contributed by atoms with Gasteiger partial charge in [0, 0.05) is 12.2 Å². The molecule has 0 spiro atoms. The van der Waals surface area contributed by atoms with Crippen LogP contribution in [0.2, 0.25) is 0 Å². The van der Waals surface area contributed by atoms with Crippen LogP contribution in [0, 0.1) is 0 Å². The molecule has 0 radical (unpaired) electrons. The molecular weight excluding hydrogens is 404 g/mol. The van der Waals surface area contributed by atoms with Gasteiger partial charge in [-0.3, -0.25) is 4.79 Å². The van der Waals surface area contributed by atoms with Gasteiger partial charge in [-0.2, -0.15) is 4.99 Å². The fourth-order valence-electron chi connectivity index (χ4n) is 3.04. The number of aromatic nitrogens is 1. The summed E-state index contributed by atoms with van der Waals surface area (Å²) in [5.74, 6) is -0.184. The number of carbonyl (C=O) groups excluding carboxylic acids is 1. The van der Waals surface area contributed by atoms with Crippen LogP contribution in [0.4, 0.5) is 10.8 Å². The van der Waals surface area contributed by atoms with Crippen molar-refractivity contribution in [2.75, 3.05) is 17.2 Å². The number of carbonyl (C=O) groups is 1. The molecule has 150 valence electrons. The van der Waals surface area contributed by atoms with Crippen LogP contribution in [0.3, 0.4) is 0 Å². The number of amides is 1. The fourth-order valence-corrected chi connectivity index (χ4v) is 5.05. The van der Waals surface area contributed by atoms with Crippen LogP contribution in [0.25, 0.3) is 10.2 Å². The smallest absolute Gasteiger partial charge is 0.261 e. The zero-order valence-electron chi connectivity index (χ0n) is 16.0. The maximum atomic E-state index is 11.9. The van der Waals surface area contributed by atoms with Crippen LogP contribution in [-0.2, 0) is 11.2 Å². The van der Waals surface area contributed by atoms with Crippen molar-refractivity contribution in [2.45, 2.75) is 31.1 Å². The summed E-state index contributed by atoms with van der Waals surface area (Å²) < 4.78 is 1.19. The van der Waals surface area contributed by atoms with E-state index >= 15 is 0 Å². The van der Waals surface area contributed by atoms with E-state index in [9.17, 15) is 9.90 Å². The minimum absolute atomic E-state index is 0.184. The lowest BCUT2D eigenvalue weighted by Crippen LogP contribution is -2.17. The van der Waals surface area contributed by atoms with E-state index in [1.807, 2.05) is 30.3 Å². The molecule has 6 nitrogen and oxygen atoms in total. The van der Waals surface area contributed by atoms with Crippen LogP contribution < -0.4 is 10.6 Å². The van der Waals surface area contributed by atoms with Crippen LogP contribution >= 0.6 is 23.1 Å². The van der Waals surface area contributed by atoms with Gasteiger partial charge in [0.1, 0.15) is 0 Å². The summed E-state index contributed by atoms with van der Waals surface area (Å²) in [6.07, 6.45) is 0.793. The van der Waals surface area contributed by atoms with Crippen molar-refractivity contribution in [3.05, 3.63) is 54.1 Å². The van der Waals surface area contributed by atoms with Crippen LogP contribution in [0.5, 0.6) is 0 Å². The molecule has 3 aromatic rings. The van der Waals surface area contributed by atoms with Crippen molar-refractivity contribution in [1.29, 1.82) is 0 Å². The van der Waals surface area contributed by atoms with Gasteiger partial charge in [0.25, 0.3) is 5.91 Å². The van der Waals surface area contributed by atoms with Gasteiger partial charge in [0.2, 0.25) is 0 Å². The van der Waals surface area contributed by atoms with Gasteiger partial charge in [-0.15, -0.1) is 0 Å². The van der Waals surface area contributed by atoms with Gasteiger partial charge >= 0.3 is 0 Å². The number of fused-ring (bicyclic) bond motifs is 1. The number of thiazole rings is 1. The number of thioether (sulfide) groups is 1. The highest BCUT2D eigenvalue weighted by Crippen LogP contribution is 2.27. The average molecular weight is 427 g/mol. The van der Waals surface area contributed by atoms with E-state index in [0.717, 1.165) is 29.3 Å². The first-order valence-electron chi connectivity index (χ1n) is 9.49. The highest BCUT2D eigenvalue weighted by atomic mass is 32.2. The summed E-state index contributed by atoms with van der Waals surface area (Å²) >= 11 is 3.04. The summed E-state index contributed by atoms with van der Waals surface area (Å²) in [7, 11) is 0. The van der Waals surface area contributed by atoms with E-state index in [0.29, 0.717) is 11.6 Å². The number of aliphatic imine (C=N–C) groups is 1. The number of rotatable bonds is 7. The molecule has 0 bridgehead atoms. The van der Waals surface area contributed by atoms with E-state index in [-0.39, 0.29) is 11.2 Å². The second-order valence-electron chi connectivity index (χ2n) is 6.93. The molecule has 3 N–H and O–H groups in total. The topological polar surface area (TPSA) is 86.6 Å². The van der Waals surface area contributed by atoms with Crippen LogP contribution in [0.1, 0.15) is 18.9 Å². The predicted octanol–water partition coefficient (Wildman–Crippen LogP) is 4.13. The Morgan fingerprint density at radius 3 is 2.72 bits per heavy atom. The SMILES string of the molecule is CC(O)CC1SC(Nc2ccc(CCNc3nc4ccccc4s3)cc2)=NC1=O. The monoisotopic (exact) mass is 426 g/mol. The number of nitrogens with zero attached hydrogens (tertiary/aromatic N) is 2. The molecule has 2 unspecified atom stereocenters. The third-order valence-electron chi connectivity index (χ3n) is 4.49. The number of nitrogens with one attached hydrogen (secondary N) is 2. The van der Waals surface area contributed by atoms with Crippen molar-refractivity contribution >= 4 is 55.2 Å². The first-order valence-corrected chi connectivity index (χ1v) is 11.2. The van der Waals surface area contributed by atoms with Crippen molar-refractivity contribution < 1.29 is 9.90 Å². The highest BCUT2D eigenvalue weighted by Gasteiger charge is 2.29. The van der Waals surface area contributed by atoms with Gasteiger partial charge in [-0.05, 0) is 49.6 Å². The summed E-state index contributed by atoms with van der Waals surface area (Å²) in [6.45, 7) is 2.49. The van der Waals surface area contributed by atoms with E-state index in [1.165, 1.54) is 22.0 Å². The van der Waals surface area contributed by atoms with Crippen LogP contribution in [0.15, 0.2) is 53.5 Å². The molecule has 2 aromatic carbocycles. The first kappa shape index (κ1) is 19.9. The van der Waals surface area contributed by atoms with E-state index in [2.05, 4.69) is 38.8 Å². The minimum Gasteiger partial charge on any atom is -0.393 e. The van der Waals surface area contributed by atoms with Crippen molar-refractivity contribution in [1.82, 2.24) is 4.98 Å². The van der Waals surface area contributed by atoms with E-state index in [4.69, 9.17) is 0 Å². The van der Waals surface area contributed by atoms with Crippen molar-refractivity contribution in [2.24, 2.45) is 4.99 Å². The Kier molecular flexibility index (Phi) is 6.13. The molecular formula is C21H22N4O2S2. The minimum atomic E-state index is -0.512. The molecule has 2 heterocycles. The molecule has 29 heavy (non-hydrogen) atoms. The molecule has 2 atom stereocenters. The molecule has 4 rings (SSSR count). The number of hydrogen-bond donors (Lipinski definition) is 3. The molecule has 1 aromatic heterocycles. The van der Waals surface area contributed by atoms with E-state index in [1.54, 1.807) is 18.3 Å². The Morgan fingerprint density at radius 2 is 1.97 bits per heavy atom. The molecule has 1 aliphatic rings. The Hall–Kier alpha value is -2.42. The van der Waals surface area contributed by atoms with Crippen molar-refractivity contribution in [3.63, 3.8) is 0 Å². The number of aliphatic hydroxyl groups is 1. The summed E-state index contributed by atoms with van der Waals surface area (Å²) in [5, 5.41) is 17.3. The second kappa shape index (κ2) is 8.94. The maximum Gasteiger partial charge on any atom is 0.261 e. The molecule has 0 aliphatic carbocycles. The molecule has 0 saturated heterocycles. The van der Waals surface area contributed by atoms with Gasteiger partial charge in [-0.25, -0.2) is 4.98 Å². The molecule has 0 fully saturated rings. The zero-order valence-corrected chi connectivity index (χ0v) is 17.6. The summed E-state index contributed by atoms with van der Waals surface area (Å²) in [4.78, 5) is 20.5. The average Bonchev–Trinajstić information content (AvgIpc) is 3.25.